The Morgan fingerprint density at radius 3 is 2.26 bits per heavy atom. The highest BCUT2D eigenvalue weighted by Gasteiger charge is 2.29. The first-order valence-electron chi connectivity index (χ1n) is 11.4. The van der Waals surface area contributed by atoms with Crippen LogP contribution in [0.1, 0.15) is 32.3 Å². The van der Waals surface area contributed by atoms with E-state index in [0.717, 1.165) is 29.0 Å². The van der Waals surface area contributed by atoms with Gasteiger partial charge in [-0.05, 0) is 49.6 Å². The molecule has 0 saturated carbocycles. The molecule has 0 spiro atoms. The minimum Gasteiger partial charge on any atom is -0.497 e. The Hall–Kier alpha value is -3.07. The van der Waals surface area contributed by atoms with E-state index in [4.69, 9.17) is 4.74 Å². The van der Waals surface area contributed by atoms with E-state index in [2.05, 4.69) is 5.32 Å². The van der Waals surface area contributed by atoms with Gasteiger partial charge in [0.25, 0.3) is 0 Å². The number of nitrogens with one attached hydrogen (secondary N) is 1. The van der Waals surface area contributed by atoms with Crippen LogP contribution < -0.4 is 14.4 Å². The molecule has 0 saturated heterocycles. The van der Waals surface area contributed by atoms with Gasteiger partial charge in [0.05, 0.1) is 19.1 Å². The van der Waals surface area contributed by atoms with Crippen molar-refractivity contribution in [3.63, 3.8) is 0 Å². The number of hydrogen-bond acceptors (Lipinski definition) is 5. The molecule has 0 aromatic heterocycles. The smallest absolute Gasteiger partial charge is 0.244 e. The quantitative estimate of drug-likeness (QED) is 0.437. The van der Waals surface area contributed by atoms with E-state index in [-0.39, 0.29) is 12.5 Å². The SMILES string of the molecule is CCCCNC(=O)[C@@H](C)N(CCc1ccccc1)C(=O)CN(c1ccc(OC)cc1)S(C)(=O)=O. The molecule has 186 valence electrons. The number of hydrogen-bond donors (Lipinski definition) is 1. The predicted octanol–water partition coefficient (Wildman–Crippen LogP) is 2.84. The number of unbranched alkanes of at least 4 members (excludes halogenated alkanes) is 1. The van der Waals surface area contributed by atoms with Crippen LogP contribution in [0.4, 0.5) is 5.69 Å². The van der Waals surface area contributed by atoms with Crippen LogP contribution in [0.25, 0.3) is 0 Å². The largest absolute Gasteiger partial charge is 0.497 e. The summed E-state index contributed by atoms with van der Waals surface area (Å²) in [7, 11) is -2.23. The average molecular weight is 490 g/mol. The van der Waals surface area contributed by atoms with Gasteiger partial charge in [-0.1, -0.05) is 43.7 Å². The summed E-state index contributed by atoms with van der Waals surface area (Å²) in [6.07, 6.45) is 3.38. The molecule has 2 aromatic carbocycles. The van der Waals surface area contributed by atoms with Gasteiger partial charge in [0.15, 0.2) is 0 Å². The van der Waals surface area contributed by atoms with Crippen LogP contribution in [-0.4, -0.2) is 64.2 Å². The highest BCUT2D eigenvalue weighted by molar-refractivity contribution is 7.92. The molecular weight excluding hydrogens is 454 g/mol. The van der Waals surface area contributed by atoms with E-state index < -0.39 is 28.5 Å². The number of methoxy groups -OCH3 is 1. The lowest BCUT2D eigenvalue weighted by Gasteiger charge is -2.31. The summed E-state index contributed by atoms with van der Waals surface area (Å²) in [5.41, 5.74) is 1.37. The molecule has 1 atom stereocenters. The number of benzene rings is 2. The van der Waals surface area contributed by atoms with Crippen molar-refractivity contribution in [2.75, 3.05) is 37.3 Å². The molecule has 9 heteroatoms. The molecule has 0 radical (unpaired) electrons. The van der Waals surface area contributed by atoms with Crippen molar-refractivity contribution >= 4 is 27.5 Å². The Morgan fingerprint density at radius 2 is 1.71 bits per heavy atom. The van der Waals surface area contributed by atoms with Gasteiger partial charge in [0.2, 0.25) is 21.8 Å². The van der Waals surface area contributed by atoms with Crippen molar-refractivity contribution in [3.8, 4) is 5.75 Å². The van der Waals surface area contributed by atoms with Gasteiger partial charge in [0, 0.05) is 13.1 Å². The molecular formula is C25H35N3O5S. The topological polar surface area (TPSA) is 96.0 Å². The number of nitrogens with zero attached hydrogens (tertiary/aromatic N) is 2. The van der Waals surface area contributed by atoms with Crippen molar-refractivity contribution in [3.05, 3.63) is 60.2 Å². The maximum atomic E-state index is 13.4. The van der Waals surface area contributed by atoms with Gasteiger partial charge in [-0.15, -0.1) is 0 Å². The van der Waals surface area contributed by atoms with Crippen LogP contribution in [0.5, 0.6) is 5.75 Å². The molecule has 1 N–H and O–H groups in total. The minimum atomic E-state index is -3.75. The van der Waals surface area contributed by atoms with Gasteiger partial charge in [-0.25, -0.2) is 8.42 Å². The Balaban J connectivity index is 2.26. The molecule has 8 nitrogen and oxygen atoms in total. The number of ether oxygens (including phenoxy) is 1. The maximum Gasteiger partial charge on any atom is 0.244 e. The average Bonchev–Trinajstić information content (AvgIpc) is 2.82. The second-order valence-corrected chi connectivity index (χ2v) is 10.0. The van der Waals surface area contributed by atoms with E-state index in [1.54, 1.807) is 31.2 Å². The maximum absolute atomic E-state index is 13.4. The Morgan fingerprint density at radius 1 is 1.06 bits per heavy atom. The van der Waals surface area contributed by atoms with Gasteiger partial charge in [-0.3, -0.25) is 13.9 Å². The number of amides is 2. The van der Waals surface area contributed by atoms with Crippen molar-refractivity contribution in [2.45, 2.75) is 39.2 Å². The van der Waals surface area contributed by atoms with Gasteiger partial charge >= 0.3 is 0 Å². The highest BCUT2D eigenvalue weighted by Crippen LogP contribution is 2.22. The minimum absolute atomic E-state index is 0.259. The third kappa shape index (κ3) is 8.06. The third-order valence-electron chi connectivity index (χ3n) is 5.52. The molecule has 0 bridgehead atoms. The molecule has 0 unspecified atom stereocenters. The van der Waals surface area contributed by atoms with Gasteiger partial charge < -0.3 is 15.0 Å². The van der Waals surface area contributed by atoms with Crippen molar-refractivity contribution in [2.24, 2.45) is 0 Å². The fourth-order valence-corrected chi connectivity index (χ4v) is 4.32. The van der Waals surface area contributed by atoms with Gasteiger partial charge in [0.1, 0.15) is 18.3 Å². The summed E-state index contributed by atoms with van der Waals surface area (Å²) in [5.74, 6) is -0.133. The first kappa shape index (κ1) is 27.2. The van der Waals surface area contributed by atoms with Crippen LogP contribution in [0.3, 0.4) is 0 Å². The first-order valence-corrected chi connectivity index (χ1v) is 13.2. The van der Waals surface area contributed by atoms with E-state index in [9.17, 15) is 18.0 Å². The zero-order valence-corrected chi connectivity index (χ0v) is 21.2. The standard InChI is InChI=1S/C25H35N3O5S/c1-5-6-17-26-25(30)20(2)27(18-16-21-10-8-7-9-11-21)24(29)19-28(34(4,31)32)22-12-14-23(33-3)15-13-22/h7-15,20H,5-6,16-19H2,1-4H3,(H,26,30)/t20-/m1/s1. The summed E-state index contributed by atoms with van der Waals surface area (Å²) in [5, 5.41) is 2.87. The number of carbonyl (C=O) groups is 2. The molecule has 2 amide bonds. The van der Waals surface area contributed by atoms with Crippen LogP contribution in [-0.2, 0) is 26.0 Å². The van der Waals surface area contributed by atoms with Crippen LogP contribution >= 0.6 is 0 Å². The lowest BCUT2D eigenvalue weighted by atomic mass is 10.1. The number of sulfonamides is 1. The zero-order valence-electron chi connectivity index (χ0n) is 20.4. The number of anilines is 1. The molecule has 0 aliphatic heterocycles. The van der Waals surface area contributed by atoms with Gasteiger partial charge in [-0.2, -0.15) is 0 Å². The highest BCUT2D eigenvalue weighted by atomic mass is 32.2. The molecule has 0 aliphatic carbocycles. The monoisotopic (exact) mass is 489 g/mol. The molecule has 34 heavy (non-hydrogen) atoms. The lowest BCUT2D eigenvalue weighted by molar-refractivity contribution is -0.138. The fraction of sp³-hybridized carbons (Fsp3) is 0.440. The van der Waals surface area contributed by atoms with E-state index in [1.807, 2.05) is 37.3 Å². The summed E-state index contributed by atoms with van der Waals surface area (Å²) in [4.78, 5) is 27.6. The summed E-state index contributed by atoms with van der Waals surface area (Å²) in [6, 6.07) is 15.3. The van der Waals surface area contributed by atoms with Crippen LogP contribution in [0.2, 0.25) is 0 Å². The molecule has 2 aromatic rings. The van der Waals surface area contributed by atoms with Crippen molar-refractivity contribution < 1.29 is 22.7 Å². The van der Waals surface area contributed by atoms with Crippen LogP contribution in [0.15, 0.2) is 54.6 Å². The number of carbonyl (C=O) groups excluding carboxylic acids is 2. The van der Waals surface area contributed by atoms with Crippen molar-refractivity contribution in [1.82, 2.24) is 10.2 Å². The Labute approximate surface area is 202 Å². The van der Waals surface area contributed by atoms with E-state index in [1.165, 1.54) is 12.0 Å². The Kier molecular flexibility index (Phi) is 10.4. The fourth-order valence-electron chi connectivity index (χ4n) is 3.47. The van der Waals surface area contributed by atoms with Crippen molar-refractivity contribution in [1.29, 1.82) is 0 Å². The predicted molar refractivity (Wildman–Crippen MR) is 134 cm³/mol. The Bertz CT molecular complexity index is 1030. The normalized spacial score (nSPS) is 12.0. The second kappa shape index (κ2) is 13.0. The second-order valence-electron chi connectivity index (χ2n) is 8.11. The summed E-state index contributed by atoms with van der Waals surface area (Å²) < 4.78 is 31.3. The summed E-state index contributed by atoms with van der Waals surface area (Å²) in [6.45, 7) is 4.10. The summed E-state index contributed by atoms with van der Waals surface area (Å²) >= 11 is 0. The molecule has 0 fully saturated rings. The van der Waals surface area contributed by atoms with Crippen LogP contribution in [0, 0.1) is 0 Å². The number of rotatable bonds is 13. The molecule has 2 rings (SSSR count). The third-order valence-corrected chi connectivity index (χ3v) is 6.66. The zero-order chi connectivity index (χ0) is 25.1. The molecule has 0 aliphatic rings. The lowest BCUT2D eigenvalue weighted by Crippen LogP contribution is -2.52. The van der Waals surface area contributed by atoms with E-state index in [0.29, 0.717) is 24.4 Å². The van der Waals surface area contributed by atoms with E-state index >= 15 is 0 Å². The molecule has 0 heterocycles. The first-order chi connectivity index (χ1) is 16.2.